The van der Waals surface area contributed by atoms with Gasteiger partial charge in [-0.15, -0.1) is 0 Å². The van der Waals surface area contributed by atoms with E-state index in [9.17, 15) is 9.90 Å². The fourth-order valence-electron chi connectivity index (χ4n) is 1.77. The summed E-state index contributed by atoms with van der Waals surface area (Å²) in [5, 5.41) is 14.4. The van der Waals surface area contributed by atoms with Gasteiger partial charge in [0.15, 0.2) is 0 Å². The molecule has 1 aromatic heterocycles. The van der Waals surface area contributed by atoms with Crippen LogP contribution in [0.15, 0.2) is 48.0 Å². The smallest absolute Gasteiger partial charge is 0.428 e. The van der Waals surface area contributed by atoms with Gasteiger partial charge in [0, 0.05) is 12.4 Å². The van der Waals surface area contributed by atoms with Gasteiger partial charge in [0.2, 0.25) is 0 Å². The Bertz CT molecular complexity index is 656. The molecule has 2 rings (SSSR count). The Morgan fingerprint density at radius 3 is 2.59 bits per heavy atom. The Morgan fingerprint density at radius 2 is 2.05 bits per heavy atom. The quantitative estimate of drug-likeness (QED) is 0.676. The summed E-state index contributed by atoms with van der Waals surface area (Å²) < 4.78 is 5.07. The van der Waals surface area contributed by atoms with Crippen LogP contribution in [0, 0.1) is 0 Å². The van der Waals surface area contributed by atoms with E-state index in [1.54, 1.807) is 44.5 Å². The molecule has 0 fully saturated rings. The van der Waals surface area contributed by atoms with Gasteiger partial charge in [-0.05, 0) is 24.6 Å². The topological polar surface area (TPSA) is 87.9 Å². The lowest BCUT2D eigenvalue weighted by Gasteiger charge is -2.15. The molecule has 7 nitrogen and oxygen atoms in total. The lowest BCUT2D eigenvalue weighted by Crippen LogP contribution is -2.25. The van der Waals surface area contributed by atoms with Crippen LogP contribution in [-0.4, -0.2) is 39.0 Å². The summed E-state index contributed by atoms with van der Waals surface area (Å²) in [5.74, 6) is 0.713. The second-order valence-corrected chi connectivity index (χ2v) is 4.46. The molecule has 0 saturated carbocycles. The zero-order valence-corrected chi connectivity index (χ0v) is 12.3. The van der Waals surface area contributed by atoms with Crippen LogP contribution in [0.2, 0.25) is 0 Å². The minimum Gasteiger partial charge on any atom is -0.497 e. The fraction of sp³-hybridized carbons (Fsp3) is 0.200. The van der Waals surface area contributed by atoms with E-state index in [1.165, 1.54) is 12.4 Å². The number of carboxylic acid groups (broad SMARTS) is 1. The van der Waals surface area contributed by atoms with E-state index in [0.717, 1.165) is 10.6 Å². The molecule has 1 heterocycles. The number of carbonyl (C=O) groups is 1. The molecule has 0 atom stereocenters. The molecule has 7 heteroatoms. The molecule has 22 heavy (non-hydrogen) atoms. The highest BCUT2D eigenvalue weighted by atomic mass is 16.5. The molecular formula is C15H16N4O3. The number of aromatic nitrogens is 2. The molecule has 1 aromatic carbocycles. The highest BCUT2D eigenvalue weighted by Gasteiger charge is 2.13. The zero-order valence-electron chi connectivity index (χ0n) is 12.3. The van der Waals surface area contributed by atoms with Gasteiger partial charge >= 0.3 is 6.09 Å². The molecule has 0 aliphatic rings. The maximum absolute atomic E-state index is 11.4. The van der Waals surface area contributed by atoms with Crippen LogP contribution in [0.3, 0.4) is 0 Å². The highest BCUT2D eigenvalue weighted by molar-refractivity contribution is 5.96. The number of amides is 1. The van der Waals surface area contributed by atoms with Crippen LogP contribution >= 0.6 is 0 Å². The molecule has 0 aliphatic carbocycles. The number of hydrogen-bond donors (Lipinski definition) is 1. The van der Waals surface area contributed by atoms with E-state index in [0.29, 0.717) is 17.2 Å². The van der Waals surface area contributed by atoms with Crippen molar-refractivity contribution in [2.24, 2.45) is 5.10 Å². The van der Waals surface area contributed by atoms with Crippen molar-refractivity contribution in [2.75, 3.05) is 7.11 Å². The number of rotatable bonds is 5. The van der Waals surface area contributed by atoms with E-state index in [4.69, 9.17) is 4.74 Å². The van der Waals surface area contributed by atoms with Crippen molar-refractivity contribution in [2.45, 2.75) is 13.5 Å². The third kappa shape index (κ3) is 4.02. The molecule has 114 valence electrons. The lowest BCUT2D eigenvalue weighted by atomic mass is 10.2. The summed E-state index contributed by atoms with van der Waals surface area (Å²) in [6.45, 7) is 1.82. The van der Waals surface area contributed by atoms with Crippen molar-refractivity contribution < 1.29 is 14.6 Å². The van der Waals surface area contributed by atoms with Gasteiger partial charge in [-0.2, -0.15) is 10.1 Å². The molecule has 0 saturated heterocycles. The normalized spacial score (nSPS) is 11.1. The molecule has 2 aromatic rings. The maximum Gasteiger partial charge on any atom is 0.428 e. The summed E-state index contributed by atoms with van der Waals surface area (Å²) in [6.07, 6.45) is 3.47. The molecule has 1 N–H and O–H groups in total. The van der Waals surface area contributed by atoms with Crippen molar-refractivity contribution in [3.05, 3.63) is 54.1 Å². The summed E-state index contributed by atoms with van der Waals surface area (Å²) in [6, 6.07) is 7.13. The molecule has 0 radical (unpaired) electrons. The first-order chi connectivity index (χ1) is 10.6. The van der Waals surface area contributed by atoms with Gasteiger partial charge in [0.05, 0.1) is 25.6 Å². The van der Waals surface area contributed by atoms with Crippen LogP contribution in [0.25, 0.3) is 0 Å². The zero-order chi connectivity index (χ0) is 15.9. The van der Waals surface area contributed by atoms with Crippen molar-refractivity contribution >= 4 is 11.8 Å². The second-order valence-electron chi connectivity index (χ2n) is 4.46. The van der Waals surface area contributed by atoms with Crippen LogP contribution < -0.4 is 4.74 Å². The summed E-state index contributed by atoms with van der Waals surface area (Å²) >= 11 is 0. The van der Waals surface area contributed by atoms with Crippen LogP contribution in [0.4, 0.5) is 4.79 Å². The first-order valence-corrected chi connectivity index (χ1v) is 6.55. The van der Waals surface area contributed by atoms with E-state index in [2.05, 4.69) is 15.1 Å². The SMILES string of the molecule is COc1ccc(CN(/N=C(\C)c2cnccn2)C(=O)O)cc1. The number of nitrogens with zero attached hydrogens (tertiary/aromatic N) is 4. The van der Waals surface area contributed by atoms with Gasteiger partial charge in [-0.25, -0.2) is 4.79 Å². The number of methoxy groups -OCH3 is 1. The summed E-state index contributed by atoms with van der Waals surface area (Å²) in [7, 11) is 1.58. The maximum atomic E-state index is 11.4. The van der Waals surface area contributed by atoms with E-state index >= 15 is 0 Å². The van der Waals surface area contributed by atoms with Gasteiger partial charge in [-0.1, -0.05) is 12.1 Å². The van der Waals surface area contributed by atoms with Crippen LogP contribution in [0.1, 0.15) is 18.2 Å². The molecule has 1 amide bonds. The summed E-state index contributed by atoms with van der Waals surface area (Å²) in [5.41, 5.74) is 1.81. The van der Waals surface area contributed by atoms with Crippen LogP contribution in [0.5, 0.6) is 5.75 Å². The third-order valence-electron chi connectivity index (χ3n) is 2.92. The number of hydrogen-bond acceptors (Lipinski definition) is 5. The second kappa shape index (κ2) is 7.16. The largest absolute Gasteiger partial charge is 0.497 e. The van der Waals surface area contributed by atoms with E-state index in [1.807, 2.05) is 0 Å². The Labute approximate surface area is 127 Å². The minimum absolute atomic E-state index is 0.136. The van der Waals surface area contributed by atoms with Gasteiger partial charge in [0.25, 0.3) is 0 Å². The Kier molecular flexibility index (Phi) is 5.02. The standard InChI is InChI=1S/C15H16N4O3/c1-11(14-9-16-7-8-17-14)18-19(15(20)21)10-12-3-5-13(22-2)6-4-12/h3-9H,10H2,1-2H3,(H,20,21)/b18-11+. The van der Waals surface area contributed by atoms with Crippen molar-refractivity contribution in [3.8, 4) is 5.75 Å². The first kappa shape index (κ1) is 15.4. The van der Waals surface area contributed by atoms with Gasteiger partial charge in [-0.3, -0.25) is 9.97 Å². The van der Waals surface area contributed by atoms with E-state index < -0.39 is 6.09 Å². The minimum atomic E-state index is -1.14. The number of benzene rings is 1. The number of hydrazone groups is 1. The first-order valence-electron chi connectivity index (χ1n) is 6.55. The Morgan fingerprint density at radius 1 is 1.32 bits per heavy atom. The Hall–Kier alpha value is -2.96. The average Bonchev–Trinajstić information content (AvgIpc) is 2.55. The lowest BCUT2D eigenvalue weighted by molar-refractivity contribution is 0.144. The fourth-order valence-corrected chi connectivity index (χ4v) is 1.77. The van der Waals surface area contributed by atoms with Crippen molar-refractivity contribution in [3.63, 3.8) is 0 Å². The predicted octanol–water partition coefficient (Wildman–Crippen LogP) is 2.39. The molecule has 0 aliphatic heterocycles. The average molecular weight is 300 g/mol. The van der Waals surface area contributed by atoms with Crippen molar-refractivity contribution in [1.29, 1.82) is 0 Å². The molecule has 0 spiro atoms. The third-order valence-corrected chi connectivity index (χ3v) is 2.92. The highest BCUT2D eigenvalue weighted by Crippen LogP contribution is 2.13. The summed E-state index contributed by atoms with van der Waals surface area (Å²) in [4.78, 5) is 19.4. The van der Waals surface area contributed by atoms with E-state index in [-0.39, 0.29) is 6.54 Å². The number of ether oxygens (including phenoxy) is 1. The predicted molar refractivity (Wildman–Crippen MR) is 80.8 cm³/mol. The van der Waals surface area contributed by atoms with Gasteiger partial charge < -0.3 is 9.84 Å². The van der Waals surface area contributed by atoms with Crippen LogP contribution in [-0.2, 0) is 6.54 Å². The Balaban J connectivity index is 2.17. The monoisotopic (exact) mass is 300 g/mol. The molecular weight excluding hydrogens is 284 g/mol. The molecule has 0 bridgehead atoms. The van der Waals surface area contributed by atoms with Gasteiger partial charge in [0.1, 0.15) is 11.4 Å². The van der Waals surface area contributed by atoms with Crippen molar-refractivity contribution in [1.82, 2.24) is 15.0 Å². The molecule has 0 unspecified atom stereocenters.